The van der Waals surface area contributed by atoms with Crippen LogP contribution >= 0.6 is 0 Å². The lowest BCUT2D eigenvalue weighted by atomic mass is 9.73. The molecule has 0 spiro atoms. The largest absolute Gasteiger partial charge is 0.508 e. The van der Waals surface area contributed by atoms with Crippen molar-refractivity contribution >= 4 is 0 Å². The van der Waals surface area contributed by atoms with E-state index in [2.05, 4.69) is 24.9 Å². The van der Waals surface area contributed by atoms with Gasteiger partial charge in [0.2, 0.25) is 0 Å². The first-order valence-electron chi connectivity index (χ1n) is 7.14. The minimum absolute atomic E-state index is 0.235. The van der Waals surface area contributed by atoms with Gasteiger partial charge in [0.25, 0.3) is 0 Å². The molecule has 0 amide bonds. The van der Waals surface area contributed by atoms with Gasteiger partial charge < -0.3 is 10.0 Å². The molecule has 1 N–H and O–H groups in total. The minimum atomic E-state index is 0.235. The minimum Gasteiger partial charge on any atom is -0.508 e. The van der Waals surface area contributed by atoms with Gasteiger partial charge in [0.15, 0.2) is 0 Å². The molecule has 0 saturated carbocycles. The summed E-state index contributed by atoms with van der Waals surface area (Å²) >= 11 is 0. The fourth-order valence-electron chi connectivity index (χ4n) is 3.42. The SMILES string of the molecule is CCCC1(c2cccc(O)c2)CCCCN(C)C1. The second-order valence-electron chi connectivity index (χ2n) is 5.78. The van der Waals surface area contributed by atoms with Crippen molar-refractivity contribution in [3.63, 3.8) is 0 Å². The summed E-state index contributed by atoms with van der Waals surface area (Å²) in [5.41, 5.74) is 1.55. The van der Waals surface area contributed by atoms with Gasteiger partial charge in [0, 0.05) is 12.0 Å². The number of phenolic OH excluding ortho intramolecular Hbond substituents is 1. The molecule has 1 aliphatic rings. The van der Waals surface area contributed by atoms with Crippen LogP contribution < -0.4 is 0 Å². The number of benzene rings is 1. The lowest BCUT2D eigenvalue weighted by molar-refractivity contribution is 0.248. The van der Waals surface area contributed by atoms with Gasteiger partial charge in [-0.05, 0) is 50.6 Å². The highest BCUT2D eigenvalue weighted by Crippen LogP contribution is 2.38. The molecule has 1 aliphatic heterocycles. The van der Waals surface area contributed by atoms with Crippen LogP contribution in [0.5, 0.6) is 5.75 Å². The third-order valence-electron chi connectivity index (χ3n) is 4.20. The van der Waals surface area contributed by atoms with Gasteiger partial charge >= 0.3 is 0 Å². The van der Waals surface area contributed by atoms with E-state index in [0.717, 1.165) is 6.54 Å². The van der Waals surface area contributed by atoms with Gasteiger partial charge in [0.05, 0.1) is 0 Å². The molecule has 0 aromatic heterocycles. The van der Waals surface area contributed by atoms with Gasteiger partial charge in [-0.3, -0.25) is 0 Å². The van der Waals surface area contributed by atoms with Gasteiger partial charge in [0.1, 0.15) is 5.75 Å². The Bertz CT molecular complexity index is 390. The summed E-state index contributed by atoms with van der Waals surface area (Å²) in [4.78, 5) is 2.45. The topological polar surface area (TPSA) is 23.5 Å². The number of nitrogens with zero attached hydrogens (tertiary/aromatic N) is 1. The monoisotopic (exact) mass is 247 g/mol. The van der Waals surface area contributed by atoms with Crippen molar-refractivity contribution < 1.29 is 5.11 Å². The Labute approximate surface area is 111 Å². The molecular formula is C16H25NO. The molecule has 0 bridgehead atoms. The van der Waals surface area contributed by atoms with Crippen LogP contribution in [0.1, 0.15) is 44.6 Å². The molecule has 2 heteroatoms. The number of hydrogen-bond acceptors (Lipinski definition) is 2. The zero-order chi connectivity index (χ0) is 13.0. The molecule has 2 rings (SSSR count). The first-order valence-corrected chi connectivity index (χ1v) is 7.14. The van der Waals surface area contributed by atoms with E-state index in [-0.39, 0.29) is 5.41 Å². The van der Waals surface area contributed by atoms with E-state index in [1.807, 2.05) is 12.1 Å². The zero-order valence-corrected chi connectivity index (χ0v) is 11.7. The van der Waals surface area contributed by atoms with Crippen LogP contribution in [0, 0.1) is 0 Å². The first kappa shape index (κ1) is 13.4. The van der Waals surface area contributed by atoms with E-state index in [9.17, 15) is 5.11 Å². The predicted molar refractivity (Wildman–Crippen MR) is 76.0 cm³/mol. The molecule has 1 fully saturated rings. The van der Waals surface area contributed by atoms with E-state index >= 15 is 0 Å². The Morgan fingerprint density at radius 3 is 2.89 bits per heavy atom. The summed E-state index contributed by atoms with van der Waals surface area (Å²) in [6.07, 6.45) is 6.24. The second-order valence-corrected chi connectivity index (χ2v) is 5.78. The highest BCUT2D eigenvalue weighted by atomic mass is 16.3. The standard InChI is InChI=1S/C16H25NO/c1-3-9-16(10-4-5-11-17(2)13-16)14-7-6-8-15(18)12-14/h6-8,12,18H,3-5,9-11,13H2,1-2H3. The number of phenols is 1. The van der Waals surface area contributed by atoms with Crippen LogP contribution in [-0.4, -0.2) is 30.1 Å². The van der Waals surface area contributed by atoms with E-state index < -0.39 is 0 Å². The molecule has 0 radical (unpaired) electrons. The van der Waals surface area contributed by atoms with Crippen molar-refractivity contribution in [1.29, 1.82) is 0 Å². The maximum atomic E-state index is 9.75. The van der Waals surface area contributed by atoms with Crippen LogP contribution in [0.2, 0.25) is 0 Å². The Morgan fingerprint density at radius 2 is 2.17 bits per heavy atom. The average molecular weight is 247 g/mol. The van der Waals surface area contributed by atoms with E-state index in [0.29, 0.717) is 5.75 Å². The molecule has 1 aromatic carbocycles. The van der Waals surface area contributed by atoms with Crippen molar-refractivity contribution in [2.45, 2.75) is 44.4 Å². The van der Waals surface area contributed by atoms with E-state index in [1.165, 1.54) is 44.2 Å². The molecular weight excluding hydrogens is 222 g/mol. The maximum absolute atomic E-state index is 9.75. The fraction of sp³-hybridized carbons (Fsp3) is 0.625. The third-order valence-corrected chi connectivity index (χ3v) is 4.20. The number of aromatic hydroxyl groups is 1. The smallest absolute Gasteiger partial charge is 0.115 e. The Balaban J connectivity index is 2.35. The molecule has 0 aliphatic carbocycles. The second kappa shape index (κ2) is 5.75. The lowest BCUT2D eigenvalue weighted by Gasteiger charge is -2.36. The summed E-state index contributed by atoms with van der Waals surface area (Å²) in [6.45, 7) is 4.57. The number of likely N-dealkylation sites (N-methyl/N-ethyl adjacent to an activating group) is 1. The Morgan fingerprint density at radius 1 is 1.33 bits per heavy atom. The fourth-order valence-corrected chi connectivity index (χ4v) is 3.42. The van der Waals surface area contributed by atoms with Crippen LogP contribution in [0.25, 0.3) is 0 Å². The quantitative estimate of drug-likeness (QED) is 0.883. The Kier molecular flexibility index (Phi) is 4.28. The molecule has 2 nitrogen and oxygen atoms in total. The summed E-state index contributed by atoms with van der Waals surface area (Å²) in [5.74, 6) is 0.398. The summed E-state index contributed by atoms with van der Waals surface area (Å²) in [7, 11) is 2.22. The highest BCUT2D eigenvalue weighted by molar-refractivity contribution is 5.33. The van der Waals surface area contributed by atoms with Gasteiger partial charge in [-0.2, -0.15) is 0 Å². The molecule has 100 valence electrons. The molecule has 1 saturated heterocycles. The summed E-state index contributed by atoms with van der Waals surface area (Å²) in [6, 6.07) is 7.90. The first-order chi connectivity index (χ1) is 8.66. The normalized spacial score (nSPS) is 25.9. The number of hydrogen-bond donors (Lipinski definition) is 1. The maximum Gasteiger partial charge on any atom is 0.115 e. The van der Waals surface area contributed by atoms with Crippen molar-refractivity contribution in [2.75, 3.05) is 20.1 Å². The van der Waals surface area contributed by atoms with Gasteiger partial charge in [-0.15, -0.1) is 0 Å². The molecule has 18 heavy (non-hydrogen) atoms. The summed E-state index contributed by atoms with van der Waals surface area (Å²) < 4.78 is 0. The molecule has 1 atom stereocenters. The average Bonchev–Trinajstić information content (AvgIpc) is 2.52. The van der Waals surface area contributed by atoms with Crippen LogP contribution in [-0.2, 0) is 5.41 Å². The van der Waals surface area contributed by atoms with E-state index in [4.69, 9.17) is 0 Å². The third kappa shape index (κ3) is 2.86. The van der Waals surface area contributed by atoms with Crippen molar-refractivity contribution in [2.24, 2.45) is 0 Å². The molecule has 1 unspecified atom stereocenters. The predicted octanol–water partition coefficient (Wildman–Crippen LogP) is 3.55. The van der Waals surface area contributed by atoms with Crippen LogP contribution in [0.15, 0.2) is 24.3 Å². The summed E-state index contributed by atoms with van der Waals surface area (Å²) in [5, 5.41) is 9.75. The van der Waals surface area contributed by atoms with Gasteiger partial charge in [-0.25, -0.2) is 0 Å². The zero-order valence-electron chi connectivity index (χ0n) is 11.7. The van der Waals surface area contributed by atoms with Crippen molar-refractivity contribution in [3.8, 4) is 5.75 Å². The van der Waals surface area contributed by atoms with E-state index in [1.54, 1.807) is 6.07 Å². The van der Waals surface area contributed by atoms with Crippen molar-refractivity contribution in [3.05, 3.63) is 29.8 Å². The van der Waals surface area contributed by atoms with Crippen molar-refractivity contribution in [1.82, 2.24) is 4.90 Å². The molecule has 1 heterocycles. The van der Waals surface area contributed by atoms with Crippen LogP contribution in [0.3, 0.4) is 0 Å². The Hall–Kier alpha value is -1.02. The lowest BCUT2D eigenvalue weighted by Crippen LogP contribution is -2.37. The highest BCUT2D eigenvalue weighted by Gasteiger charge is 2.33. The van der Waals surface area contributed by atoms with Gasteiger partial charge in [-0.1, -0.05) is 31.9 Å². The van der Waals surface area contributed by atoms with Crippen LogP contribution in [0.4, 0.5) is 0 Å². The molecule has 1 aromatic rings. The number of likely N-dealkylation sites (tertiary alicyclic amines) is 1. The number of rotatable bonds is 3.